The number of benzene rings is 2. The number of anilines is 2. The van der Waals surface area contributed by atoms with Crippen molar-refractivity contribution in [2.45, 2.75) is 0 Å². The smallest absolute Gasteiger partial charge is 0.116 e. The SMILES string of the molecule is CN(C)c1ccc(/C=C/c2cc(/C=C/c3ccc(N(C)C)cc3)ncn2)cc1. The van der Waals surface area contributed by atoms with E-state index in [1.807, 2.05) is 46.4 Å². The Labute approximate surface area is 167 Å². The molecule has 0 aliphatic rings. The van der Waals surface area contributed by atoms with Crippen molar-refractivity contribution < 1.29 is 0 Å². The van der Waals surface area contributed by atoms with Gasteiger partial charge in [0.1, 0.15) is 6.33 Å². The predicted molar refractivity (Wildman–Crippen MR) is 121 cm³/mol. The molecule has 0 saturated heterocycles. The van der Waals surface area contributed by atoms with Crippen molar-refractivity contribution in [2.24, 2.45) is 0 Å². The maximum atomic E-state index is 4.34. The van der Waals surface area contributed by atoms with Crippen molar-refractivity contribution in [3.63, 3.8) is 0 Å². The minimum atomic E-state index is 0.884. The highest BCUT2D eigenvalue weighted by Gasteiger charge is 1.97. The molecule has 0 amide bonds. The van der Waals surface area contributed by atoms with Gasteiger partial charge in [0.2, 0.25) is 0 Å². The zero-order valence-electron chi connectivity index (χ0n) is 16.9. The van der Waals surface area contributed by atoms with E-state index in [0.717, 1.165) is 22.5 Å². The first kappa shape index (κ1) is 19.4. The normalized spacial score (nSPS) is 11.3. The van der Waals surface area contributed by atoms with Crippen LogP contribution in [0.15, 0.2) is 60.9 Å². The molecular weight excluding hydrogens is 344 g/mol. The van der Waals surface area contributed by atoms with Crippen LogP contribution in [0.2, 0.25) is 0 Å². The molecule has 28 heavy (non-hydrogen) atoms. The number of nitrogens with zero attached hydrogens (tertiary/aromatic N) is 4. The first-order chi connectivity index (χ1) is 13.5. The van der Waals surface area contributed by atoms with Gasteiger partial charge in [-0.25, -0.2) is 9.97 Å². The van der Waals surface area contributed by atoms with Crippen LogP contribution >= 0.6 is 0 Å². The lowest BCUT2D eigenvalue weighted by molar-refractivity contribution is 1.13. The molecule has 0 fully saturated rings. The maximum Gasteiger partial charge on any atom is 0.116 e. The van der Waals surface area contributed by atoms with Crippen LogP contribution in [0.25, 0.3) is 24.3 Å². The van der Waals surface area contributed by atoms with E-state index in [-0.39, 0.29) is 0 Å². The Bertz CT molecular complexity index is 876. The molecule has 1 heterocycles. The molecule has 2 aromatic carbocycles. The number of aromatic nitrogens is 2. The Morgan fingerprint density at radius 3 is 1.32 bits per heavy atom. The molecule has 0 atom stereocenters. The summed E-state index contributed by atoms with van der Waals surface area (Å²) in [7, 11) is 8.16. The summed E-state index contributed by atoms with van der Waals surface area (Å²) in [5.74, 6) is 0. The molecular formula is C24H26N4. The van der Waals surface area contributed by atoms with Crippen molar-refractivity contribution >= 4 is 35.7 Å². The molecule has 3 aromatic rings. The molecule has 0 N–H and O–H groups in total. The molecule has 0 bridgehead atoms. The Kier molecular flexibility index (Phi) is 6.22. The largest absolute Gasteiger partial charge is 0.378 e. The molecule has 0 aliphatic carbocycles. The second-order valence-electron chi connectivity index (χ2n) is 7.01. The van der Waals surface area contributed by atoms with Crippen LogP contribution in [-0.4, -0.2) is 38.2 Å². The highest BCUT2D eigenvalue weighted by molar-refractivity contribution is 5.72. The highest BCUT2D eigenvalue weighted by atomic mass is 15.1. The van der Waals surface area contributed by atoms with Crippen molar-refractivity contribution in [1.29, 1.82) is 0 Å². The van der Waals surface area contributed by atoms with Crippen molar-refractivity contribution in [3.05, 3.63) is 83.4 Å². The van der Waals surface area contributed by atoms with Crippen molar-refractivity contribution in [3.8, 4) is 0 Å². The topological polar surface area (TPSA) is 32.3 Å². The Morgan fingerprint density at radius 1 is 0.571 bits per heavy atom. The third-order valence-electron chi connectivity index (χ3n) is 4.42. The third kappa shape index (κ3) is 5.30. The van der Waals surface area contributed by atoms with Gasteiger partial charge in [-0.2, -0.15) is 0 Å². The average Bonchev–Trinajstić information content (AvgIpc) is 2.71. The van der Waals surface area contributed by atoms with Gasteiger partial charge >= 0.3 is 0 Å². The third-order valence-corrected chi connectivity index (χ3v) is 4.42. The molecule has 3 rings (SSSR count). The zero-order valence-corrected chi connectivity index (χ0v) is 16.9. The van der Waals surface area contributed by atoms with Crippen LogP contribution in [0.1, 0.15) is 22.5 Å². The zero-order chi connectivity index (χ0) is 19.9. The second-order valence-corrected chi connectivity index (χ2v) is 7.01. The van der Waals surface area contributed by atoms with E-state index in [1.165, 1.54) is 11.4 Å². The summed E-state index contributed by atoms with van der Waals surface area (Å²) in [5, 5.41) is 0. The van der Waals surface area contributed by atoms with Gasteiger partial charge in [0.05, 0.1) is 11.4 Å². The first-order valence-corrected chi connectivity index (χ1v) is 9.24. The van der Waals surface area contributed by atoms with Crippen LogP contribution in [-0.2, 0) is 0 Å². The van der Waals surface area contributed by atoms with Crippen LogP contribution in [0.3, 0.4) is 0 Å². The lowest BCUT2D eigenvalue weighted by Crippen LogP contribution is -2.07. The van der Waals surface area contributed by atoms with Gasteiger partial charge in [-0.05, 0) is 53.6 Å². The molecule has 0 radical (unpaired) electrons. The fraction of sp³-hybridized carbons (Fsp3) is 0.167. The Morgan fingerprint density at radius 2 is 0.964 bits per heavy atom. The number of hydrogen-bond acceptors (Lipinski definition) is 4. The monoisotopic (exact) mass is 370 g/mol. The fourth-order valence-electron chi connectivity index (χ4n) is 2.70. The summed E-state index contributed by atoms with van der Waals surface area (Å²) in [6.45, 7) is 0. The quantitative estimate of drug-likeness (QED) is 0.615. The van der Waals surface area contributed by atoms with E-state index in [1.54, 1.807) is 6.33 Å². The van der Waals surface area contributed by atoms with Gasteiger partial charge in [0.15, 0.2) is 0 Å². The second kappa shape index (κ2) is 9.00. The average molecular weight is 371 g/mol. The molecule has 0 spiro atoms. The van der Waals surface area contributed by atoms with Gasteiger partial charge in [-0.1, -0.05) is 36.4 Å². The van der Waals surface area contributed by atoms with E-state index in [9.17, 15) is 0 Å². The Balaban J connectivity index is 1.69. The molecule has 0 aliphatic heterocycles. The molecule has 0 unspecified atom stereocenters. The summed E-state index contributed by atoms with van der Waals surface area (Å²) in [6, 6.07) is 18.8. The van der Waals surface area contributed by atoms with E-state index in [0.29, 0.717) is 0 Å². The lowest BCUT2D eigenvalue weighted by Gasteiger charge is -2.11. The van der Waals surface area contributed by atoms with Crippen LogP contribution < -0.4 is 9.80 Å². The fourth-order valence-corrected chi connectivity index (χ4v) is 2.70. The van der Waals surface area contributed by atoms with Gasteiger partial charge in [0, 0.05) is 39.6 Å². The summed E-state index contributed by atoms with van der Waals surface area (Å²) in [6.07, 6.45) is 9.75. The molecule has 4 nitrogen and oxygen atoms in total. The van der Waals surface area contributed by atoms with Gasteiger partial charge in [-0.15, -0.1) is 0 Å². The lowest BCUT2D eigenvalue weighted by atomic mass is 10.1. The van der Waals surface area contributed by atoms with Crippen LogP contribution in [0.5, 0.6) is 0 Å². The minimum absolute atomic E-state index is 0.884. The summed E-state index contributed by atoms with van der Waals surface area (Å²) in [5.41, 5.74) is 6.42. The van der Waals surface area contributed by atoms with E-state index < -0.39 is 0 Å². The van der Waals surface area contributed by atoms with Gasteiger partial charge in [-0.3, -0.25) is 0 Å². The Hall–Kier alpha value is -3.40. The van der Waals surface area contributed by atoms with E-state index in [4.69, 9.17) is 0 Å². The standard InChI is InChI=1S/C24H26N4/c1-27(2)23-13-7-19(8-14-23)5-11-21-17-22(26-18-25-21)12-6-20-9-15-24(16-10-20)28(3)4/h5-18H,1-4H3/b11-5+,12-6+. The molecule has 1 aromatic heterocycles. The summed E-state index contributed by atoms with van der Waals surface area (Å²) < 4.78 is 0. The number of hydrogen-bond donors (Lipinski definition) is 0. The minimum Gasteiger partial charge on any atom is -0.378 e. The summed E-state index contributed by atoms with van der Waals surface area (Å²) >= 11 is 0. The first-order valence-electron chi connectivity index (χ1n) is 9.24. The van der Waals surface area contributed by atoms with E-state index >= 15 is 0 Å². The van der Waals surface area contributed by atoms with Crippen LogP contribution in [0.4, 0.5) is 11.4 Å². The molecule has 4 heteroatoms. The van der Waals surface area contributed by atoms with Gasteiger partial charge in [0.25, 0.3) is 0 Å². The number of rotatable bonds is 6. The van der Waals surface area contributed by atoms with Gasteiger partial charge < -0.3 is 9.80 Å². The molecule has 0 saturated carbocycles. The predicted octanol–water partition coefficient (Wildman–Crippen LogP) is 4.95. The van der Waals surface area contributed by atoms with Crippen LogP contribution in [0, 0.1) is 0 Å². The summed E-state index contributed by atoms with van der Waals surface area (Å²) in [4.78, 5) is 12.9. The van der Waals surface area contributed by atoms with Crippen molar-refractivity contribution in [2.75, 3.05) is 38.0 Å². The van der Waals surface area contributed by atoms with Crippen molar-refractivity contribution in [1.82, 2.24) is 9.97 Å². The molecule has 142 valence electrons. The maximum absolute atomic E-state index is 4.34. The van der Waals surface area contributed by atoms with E-state index in [2.05, 4.69) is 80.5 Å². The highest BCUT2D eigenvalue weighted by Crippen LogP contribution is 2.16.